The number of thioether (sulfide) groups is 1. The average Bonchev–Trinajstić information content (AvgIpc) is 1.69. The number of carbonyl (C=O) groups excluding carboxylic acids is 1. The van der Waals surface area contributed by atoms with Crippen LogP contribution in [0.1, 0.15) is 42.0 Å². The number of ether oxygens (including phenoxy) is 1. The van der Waals surface area contributed by atoms with Gasteiger partial charge in [0, 0.05) is 34.4 Å². The van der Waals surface area contributed by atoms with Crippen molar-refractivity contribution in [3.63, 3.8) is 0 Å². The van der Waals surface area contributed by atoms with E-state index in [9.17, 15) is 85.1 Å². The normalized spacial score (nSPS) is 12.6. The second kappa shape index (κ2) is 26.2. The number of benzene rings is 5. The Bertz CT molecular complexity index is 5030. The van der Waals surface area contributed by atoms with E-state index in [1.54, 1.807) is 6.92 Å². The molecule has 0 aliphatic heterocycles. The Labute approximate surface area is 501 Å². The number of azo groups is 3. The lowest BCUT2D eigenvalue weighted by molar-refractivity contribution is -0.114. The van der Waals surface area contributed by atoms with E-state index in [4.69, 9.17) is 17.4 Å². The minimum Gasteiger partial charge on any atom is -0.493 e. The highest BCUT2D eigenvalue weighted by atomic mass is 32.2. The van der Waals surface area contributed by atoms with Gasteiger partial charge in [0.15, 0.2) is 11.3 Å². The van der Waals surface area contributed by atoms with Crippen LogP contribution in [0.5, 0.6) is 11.6 Å². The fraction of sp³-hybridized carbons (Fsp3) is 0.217. The number of imidazole rings is 1. The third-order valence-electron chi connectivity index (χ3n) is 11.8. The van der Waals surface area contributed by atoms with E-state index in [1.165, 1.54) is 37.3 Å². The fourth-order valence-electron chi connectivity index (χ4n) is 8.04. The molecule has 5 aromatic carbocycles. The number of aromatic hydroxyl groups is 1. The number of aliphatic hydroxyl groups is 1. The van der Waals surface area contributed by atoms with Crippen LogP contribution < -0.4 is 10.1 Å². The van der Waals surface area contributed by atoms with Crippen LogP contribution in [0.4, 0.5) is 39.3 Å². The molecule has 0 bridgehead atoms. The number of nitrogens with zero attached hydrogens (tertiary/aromatic N) is 10. The number of aryl methyl sites for hydroxylation is 1. The summed E-state index contributed by atoms with van der Waals surface area (Å²) >= 11 is 1.75. The summed E-state index contributed by atoms with van der Waals surface area (Å²) in [6.07, 6.45) is -0.315. The van der Waals surface area contributed by atoms with E-state index in [0.29, 0.717) is 5.56 Å². The number of carbonyl (C=O) groups is 1. The zero-order valence-corrected chi connectivity index (χ0v) is 50.7. The molecule has 0 spiro atoms. The molecule has 0 saturated carbocycles. The lowest BCUT2D eigenvalue weighted by Crippen LogP contribution is -2.08. The zero-order valence-electron chi connectivity index (χ0n) is 44.2. The summed E-state index contributed by atoms with van der Waals surface area (Å²) in [5.41, 5.74) is -1.12. The van der Waals surface area contributed by atoms with Gasteiger partial charge in [-0.1, -0.05) is 17.4 Å². The fourth-order valence-corrected chi connectivity index (χ4v) is 12.9. The van der Waals surface area contributed by atoms with Gasteiger partial charge >= 0.3 is 10.6 Å². The average molecular weight is 1360 g/mol. The van der Waals surface area contributed by atoms with Crippen LogP contribution in [0.15, 0.2) is 111 Å². The summed E-state index contributed by atoms with van der Waals surface area (Å²) in [6, 6.07) is 13.6. The lowest BCUT2D eigenvalue weighted by atomic mass is 10.1. The molecule has 3 heterocycles. The van der Waals surface area contributed by atoms with Crippen molar-refractivity contribution >= 4 is 167 Å². The van der Waals surface area contributed by atoms with Crippen molar-refractivity contribution < 1.29 is 97.2 Å². The Hall–Kier alpha value is -7.96. The van der Waals surface area contributed by atoms with Crippen molar-refractivity contribution in [1.29, 1.82) is 5.26 Å². The predicted molar refractivity (Wildman–Crippen MR) is 309 cm³/mol. The maximum Gasteiger partial charge on any atom is 0.425 e. The van der Waals surface area contributed by atoms with E-state index in [2.05, 4.69) is 46.0 Å². The molecule has 0 atom stereocenters. The molecule has 460 valence electrons. The molecule has 0 aliphatic rings. The number of fused-ring (bicyclic) bond motifs is 6. The third-order valence-corrected chi connectivity index (χ3v) is 18.1. The summed E-state index contributed by atoms with van der Waals surface area (Å²) in [5.74, 6) is -2.81. The molecular weight excluding hydrogens is 1320 g/mol. The Morgan fingerprint density at radius 2 is 1.38 bits per heavy atom. The number of nitriles is 1. The van der Waals surface area contributed by atoms with Crippen molar-refractivity contribution in [1.82, 2.24) is 14.4 Å². The summed E-state index contributed by atoms with van der Waals surface area (Å²) in [7, 11) is -26.5. The van der Waals surface area contributed by atoms with Gasteiger partial charge in [0.2, 0.25) is 16.9 Å². The molecule has 8 N–H and O–H groups in total. The minimum absolute atomic E-state index is 0.0192. The quantitative estimate of drug-likeness (QED) is 0.0146. The molecule has 41 heteroatoms. The number of pyridine rings is 1. The number of rotatable bonds is 21. The van der Waals surface area contributed by atoms with E-state index in [0.717, 1.165) is 64.8 Å². The zero-order chi connectivity index (χ0) is 64.3. The molecule has 8 rings (SSSR count). The van der Waals surface area contributed by atoms with Crippen LogP contribution >= 0.6 is 23.1 Å². The van der Waals surface area contributed by atoms with Crippen LogP contribution in [0.2, 0.25) is 0 Å². The number of aromatic nitrogens is 3. The molecule has 0 radical (unpaired) electrons. The maximum absolute atomic E-state index is 12.5. The molecule has 33 nitrogen and oxygen atoms in total. The number of nitrogens with one attached hydrogen (secondary N) is 1. The summed E-state index contributed by atoms with van der Waals surface area (Å²) in [5, 5.41) is 60.8. The highest BCUT2D eigenvalue weighted by molar-refractivity contribution is 7.99. The van der Waals surface area contributed by atoms with Gasteiger partial charge in [-0.25, -0.2) is 9.97 Å². The first-order valence-corrected chi connectivity index (χ1v) is 34.1. The van der Waals surface area contributed by atoms with Crippen molar-refractivity contribution in [2.24, 2.45) is 30.7 Å². The summed E-state index contributed by atoms with van der Waals surface area (Å²) in [4.78, 5) is 19.1. The highest BCUT2D eigenvalue weighted by Gasteiger charge is 2.27. The molecule has 0 unspecified atom stereocenters. The number of hydrogen-bond donors (Lipinski definition) is 8. The minimum atomic E-state index is -4.93. The Balaban J connectivity index is 0.00000262. The SMILES string of the molecule is CC(=O)Nc1cc(S(=O)(=O)O)cc2c1nc1c(C#N)c(C)c(N=Nc3cc(C)c(N=Nc4cc(CO)c(N=Nc5nc6c(S(=O)(=O)O)cc7ccc(S(=O)(=O)O)cc7c6s5)cc4SCCCS(=O)(=O)O)cc3OCCCS(=O)(=O)O)c(O)n12.O=S(=O)=O. The topological polar surface area (TPSA) is 530 Å². The Kier molecular flexibility index (Phi) is 20.0. The largest absolute Gasteiger partial charge is 0.493 e. The van der Waals surface area contributed by atoms with Crippen molar-refractivity contribution in [3.05, 3.63) is 82.9 Å². The number of amides is 1. The van der Waals surface area contributed by atoms with E-state index < -0.39 is 106 Å². The standard InChI is InChI=1S/C46H41N11O19S7.O3S/c1-22-12-33(53-55-40-23(2)30(20-47)44-49-41-35(48-24(3)59)16-28(82(70,71)72)17-36(41)57(44)45(40)60)37(76-8-4-10-79(61,62)63)18-31(22)51-54-34-13-26(21-58)32(19-38(34)77-9-5-11-80(64,65)66)52-56-46-50-42-39(83(73,74)75)14-25-6-7-27(81(67,68)69)15-29(25)43(42)78-46;1-4(2)3/h6-7,12-19,58,60H,4-5,8-11,21H2,1-3H3,(H,48,59)(H,61,62,63)(H,64,65,66)(H,67,68,69)(H,70,71,72)(H,73,74,75);. The van der Waals surface area contributed by atoms with Crippen LogP contribution in [0, 0.1) is 25.2 Å². The van der Waals surface area contributed by atoms with Gasteiger partial charge in [0.05, 0.1) is 67.5 Å². The Morgan fingerprint density at radius 1 is 0.747 bits per heavy atom. The molecule has 1 amide bonds. The first-order chi connectivity index (χ1) is 40.5. The van der Waals surface area contributed by atoms with Gasteiger partial charge in [0.1, 0.15) is 39.0 Å². The molecule has 3 aromatic heterocycles. The van der Waals surface area contributed by atoms with E-state index >= 15 is 0 Å². The Morgan fingerprint density at radius 3 is 1.99 bits per heavy atom. The maximum atomic E-state index is 12.5. The second-order valence-corrected chi connectivity index (χ2v) is 27.8. The number of anilines is 1. The van der Waals surface area contributed by atoms with Crippen molar-refractivity contribution in [2.75, 3.05) is 29.2 Å². The van der Waals surface area contributed by atoms with Crippen LogP contribution in [-0.4, -0.2) is 132 Å². The second-order valence-electron chi connectivity index (χ2n) is 17.9. The molecule has 0 saturated heterocycles. The van der Waals surface area contributed by atoms with Gasteiger partial charge in [-0.05, 0) is 91.9 Å². The summed E-state index contributed by atoms with van der Waals surface area (Å²) < 4.78 is 201. The van der Waals surface area contributed by atoms with Gasteiger partial charge < -0.3 is 20.3 Å². The van der Waals surface area contributed by atoms with Gasteiger partial charge in [-0.2, -0.15) is 52.5 Å². The molecule has 8 aromatic rings. The monoisotopic (exact) mass is 1360 g/mol. The number of aliphatic hydroxyl groups excluding tert-OH is 1. The van der Waals surface area contributed by atoms with Gasteiger partial charge in [-0.3, -0.25) is 32.0 Å². The predicted octanol–water partition coefficient (Wildman–Crippen LogP) is 7.90. The molecular formula is C46H41N11O22S8. The molecule has 0 aliphatic carbocycles. The molecule has 87 heavy (non-hydrogen) atoms. The van der Waals surface area contributed by atoms with Crippen molar-refractivity contribution in [2.45, 2.75) is 59.8 Å². The van der Waals surface area contributed by atoms with Crippen molar-refractivity contribution in [3.8, 4) is 17.7 Å². The van der Waals surface area contributed by atoms with Gasteiger partial charge in [0.25, 0.3) is 50.6 Å². The van der Waals surface area contributed by atoms with Gasteiger partial charge in [-0.15, -0.1) is 50.0 Å². The highest BCUT2D eigenvalue weighted by Crippen LogP contribution is 2.45. The first-order valence-electron chi connectivity index (χ1n) is 23.8. The third kappa shape index (κ3) is 16.4. The van der Waals surface area contributed by atoms with E-state index in [1.807, 2.05) is 6.07 Å². The number of hydrogen-bond acceptors (Lipinski definition) is 28. The lowest BCUT2D eigenvalue weighted by Gasteiger charge is -2.12. The smallest absolute Gasteiger partial charge is 0.425 e. The summed E-state index contributed by atoms with van der Waals surface area (Å²) in [6.45, 7) is 3.01. The molecule has 0 fully saturated rings. The van der Waals surface area contributed by atoms with Crippen LogP contribution in [-0.2, 0) is 72.6 Å². The van der Waals surface area contributed by atoms with Crippen LogP contribution in [0.3, 0.4) is 0 Å². The number of thiazole rings is 1. The van der Waals surface area contributed by atoms with E-state index in [-0.39, 0.29) is 129 Å². The first kappa shape index (κ1) is 66.6. The van der Waals surface area contributed by atoms with Crippen LogP contribution in [0.25, 0.3) is 37.7 Å².